The number of ether oxygens (including phenoxy) is 2. The topological polar surface area (TPSA) is 60.7 Å². The van der Waals surface area contributed by atoms with Gasteiger partial charge in [-0.15, -0.1) is 0 Å². The molecule has 2 aromatic carbocycles. The fraction of sp³-hybridized carbons (Fsp3) is 0.350. The second-order valence-corrected chi connectivity index (χ2v) is 6.41. The van der Waals surface area contributed by atoms with Crippen LogP contribution in [0, 0.1) is 0 Å². The molecule has 0 saturated carbocycles. The van der Waals surface area contributed by atoms with E-state index in [2.05, 4.69) is 5.32 Å². The van der Waals surface area contributed by atoms with Crippen molar-refractivity contribution in [2.45, 2.75) is 32.0 Å². The van der Waals surface area contributed by atoms with Crippen LogP contribution >= 0.6 is 0 Å². The molecule has 0 aliphatic carbocycles. The molecule has 1 aromatic heterocycles. The van der Waals surface area contributed by atoms with Gasteiger partial charge >= 0.3 is 0 Å². The number of fused-ring (bicyclic) bond motifs is 3. The van der Waals surface area contributed by atoms with E-state index in [0.29, 0.717) is 12.3 Å². The summed E-state index contributed by atoms with van der Waals surface area (Å²) in [6.07, 6.45) is 1.64. The first-order chi connectivity index (χ1) is 12.2. The molecule has 0 unspecified atom stereocenters. The zero-order valence-corrected chi connectivity index (χ0v) is 14.2. The van der Waals surface area contributed by atoms with Crippen LogP contribution in [0.1, 0.15) is 19.8 Å². The molecule has 4 rings (SSSR count). The van der Waals surface area contributed by atoms with Crippen LogP contribution in [0.25, 0.3) is 21.9 Å². The molecule has 0 spiro atoms. The molecule has 5 heteroatoms. The number of hydrogen-bond acceptors (Lipinski definition) is 4. The lowest BCUT2D eigenvalue weighted by Gasteiger charge is -2.16. The van der Waals surface area contributed by atoms with Crippen molar-refractivity contribution in [3.8, 4) is 0 Å². The maximum absolute atomic E-state index is 12.3. The van der Waals surface area contributed by atoms with E-state index in [4.69, 9.17) is 13.9 Å². The Balaban J connectivity index is 1.44. The third kappa shape index (κ3) is 3.38. The summed E-state index contributed by atoms with van der Waals surface area (Å²) in [6, 6.07) is 13.6. The molecule has 25 heavy (non-hydrogen) atoms. The molecule has 1 fully saturated rings. The Kier molecular flexibility index (Phi) is 4.42. The van der Waals surface area contributed by atoms with Crippen LogP contribution in [-0.2, 0) is 14.3 Å². The number of para-hydroxylation sites is 1. The first-order valence-electron chi connectivity index (χ1n) is 8.66. The number of amides is 1. The zero-order valence-electron chi connectivity index (χ0n) is 14.2. The van der Waals surface area contributed by atoms with Gasteiger partial charge in [0, 0.05) is 29.1 Å². The van der Waals surface area contributed by atoms with E-state index < -0.39 is 6.10 Å². The number of furan rings is 1. The van der Waals surface area contributed by atoms with Gasteiger partial charge in [-0.1, -0.05) is 18.2 Å². The fourth-order valence-electron chi connectivity index (χ4n) is 3.15. The van der Waals surface area contributed by atoms with Crippen molar-refractivity contribution < 1.29 is 18.7 Å². The second kappa shape index (κ2) is 6.86. The minimum Gasteiger partial charge on any atom is -0.456 e. The average Bonchev–Trinajstić information content (AvgIpc) is 3.26. The predicted octanol–water partition coefficient (Wildman–Crippen LogP) is 4.11. The maximum Gasteiger partial charge on any atom is 0.253 e. The number of carbonyl (C=O) groups is 1. The van der Waals surface area contributed by atoms with Crippen LogP contribution in [0.4, 0.5) is 5.69 Å². The summed E-state index contributed by atoms with van der Waals surface area (Å²) in [5, 5.41) is 5.00. The van der Waals surface area contributed by atoms with Gasteiger partial charge in [0.15, 0.2) is 0 Å². The highest BCUT2D eigenvalue weighted by atomic mass is 16.5. The van der Waals surface area contributed by atoms with Crippen LogP contribution < -0.4 is 5.32 Å². The predicted molar refractivity (Wildman–Crippen MR) is 96.7 cm³/mol. The molecule has 0 radical (unpaired) electrons. The third-order valence-corrected chi connectivity index (χ3v) is 4.57. The van der Waals surface area contributed by atoms with E-state index in [-0.39, 0.29) is 12.0 Å². The van der Waals surface area contributed by atoms with Gasteiger partial charge in [0.05, 0.1) is 12.7 Å². The number of carbonyl (C=O) groups excluding carboxylic acids is 1. The highest BCUT2D eigenvalue weighted by Gasteiger charge is 2.20. The molecule has 0 bridgehead atoms. The summed E-state index contributed by atoms with van der Waals surface area (Å²) in [6.45, 7) is 2.99. The molecule has 1 aliphatic heterocycles. The number of nitrogens with one attached hydrogen (secondary N) is 1. The van der Waals surface area contributed by atoms with Crippen molar-refractivity contribution in [3.05, 3.63) is 42.5 Å². The molecule has 1 N–H and O–H groups in total. The minimum atomic E-state index is -0.532. The monoisotopic (exact) mass is 339 g/mol. The molecule has 3 aromatic rings. The highest BCUT2D eigenvalue weighted by Crippen LogP contribution is 2.30. The quantitative estimate of drug-likeness (QED) is 0.760. The number of hydrogen-bond donors (Lipinski definition) is 1. The Hall–Kier alpha value is -2.37. The Morgan fingerprint density at radius 3 is 2.92 bits per heavy atom. The number of rotatable bonds is 5. The summed E-state index contributed by atoms with van der Waals surface area (Å²) in [5.74, 6) is -0.173. The van der Waals surface area contributed by atoms with Crippen molar-refractivity contribution in [1.29, 1.82) is 0 Å². The molecule has 5 nitrogen and oxygen atoms in total. The van der Waals surface area contributed by atoms with E-state index in [1.165, 1.54) is 0 Å². The molecule has 2 heterocycles. The van der Waals surface area contributed by atoms with Crippen molar-refractivity contribution in [1.82, 2.24) is 0 Å². The van der Waals surface area contributed by atoms with Crippen LogP contribution in [0.5, 0.6) is 0 Å². The summed E-state index contributed by atoms with van der Waals surface area (Å²) < 4.78 is 17.0. The Labute approximate surface area is 145 Å². The van der Waals surface area contributed by atoms with Crippen LogP contribution in [-0.4, -0.2) is 31.3 Å². The van der Waals surface area contributed by atoms with Crippen molar-refractivity contribution >= 4 is 33.5 Å². The van der Waals surface area contributed by atoms with Crippen LogP contribution in [0.15, 0.2) is 46.9 Å². The zero-order chi connectivity index (χ0) is 17.2. The van der Waals surface area contributed by atoms with Crippen LogP contribution in [0.3, 0.4) is 0 Å². The molecule has 1 saturated heterocycles. The van der Waals surface area contributed by atoms with Gasteiger partial charge in [-0.05, 0) is 38.0 Å². The van der Waals surface area contributed by atoms with Gasteiger partial charge in [-0.2, -0.15) is 0 Å². The van der Waals surface area contributed by atoms with Gasteiger partial charge in [0.25, 0.3) is 5.91 Å². The minimum absolute atomic E-state index is 0.113. The summed E-state index contributed by atoms with van der Waals surface area (Å²) in [5.41, 5.74) is 2.30. The van der Waals surface area contributed by atoms with Crippen molar-refractivity contribution in [3.63, 3.8) is 0 Å². The van der Waals surface area contributed by atoms with Gasteiger partial charge in [-0.3, -0.25) is 4.79 Å². The van der Waals surface area contributed by atoms with E-state index in [1.807, 2.05) is 42.5 Å². The number of anilines is 1. The lowest BCUT2D eigenvalue weighted by molar-refractivity contribution is -0.128. The second-order valence-electron chi connectivity index (χ2n) is 6.41. The average molecular weight is 339 g/mol. The summed E-state index contributed by atoms with van der Waals surface area (Å²) >= 11 is 0. The van der Waals surface area contributed by atoms with Crippen molar-refractivity contribution in [2.75, 3.05) is 18.5 Å². The smallest absolute Gasteiger partial charge is 0.253 e. The molecule has 130 valence electrons. The normalized spacial score (nSPS) is 18.7. The fourth-order valence-corrected chi connectivity index (χ4v) is 3.15. The number of benzene rings is 2. The van der Waals surface area contributed by atoms with Gasteiger partial charge < -0.3 is 19.2 Å². The van der Waals surface area contributed by atoms with Crippen LogP contribution in [0.2, 0.25) is 0 Å². The molecule has 2 atom stereocenters. The van der Waals surface area contributed by atoms with Gasteiger partial charge in [0.1, 0.15) is 17.3 Å². The first kappa shape index (κ1) is 16.1. The molecule has 1 amide bonds. The Morgan fingerprint density at radius 2 is 2.08 bits per heavy atom. The van der Waals surface area contributed by atoms with Gasteiger partial charge in [-0.25, -0.2) is 0 Å². The summed E-state index contributed by atoms with van der Waals surface area (Å²) in [4.78, 5) is 12.3. The first-order valence-corrected chi connectivity index (χ1v) is 8.66. The summed E-state index contributed by atoms with van der Waals surface area (Å²) in [7, 11) is 0. The van der Waals surface area contributed by atoms with Gasteiger partial charge in [0.2, 0.25) is 0 Å². The standard InChI is InChI=1S/C20H21NO4/c1-13(24-12-15-5-4-10-23-15)20(22)21-14-8-9-17-16-6-2-3-7-18(16)25-19(17)11-14/h2-3,6-9,11,13,15H,4-5,10,12H2,1H3,(H,21,22)/t13-,15+/m0/s1. The largest absolute Gasteiger partial charge is 0.456 e. The lowest BCUT2D eigenvalue weighted by Crippen LogP contribution is -2.30. The van der Waals surface area contributed by atoms with E-state index in [9.17, 15) is 4.79 Å². The SMILES string of the molecule is C[C@H](OC[C@H]1CCCO1)C(=O)Nc1ccc2c(c1)oc1ccccc12. The Bertz CT molecular complexity index is 895. The third-order valence-electron chi connectivity index (χ3n) is 4.57. The van der Waals surface area contributed by atoms with E-state index in [0.717, 1.165) is 41.4 Å². The van der Waals surface area contributed by atoms with Crippen molar-refractivity contribution in [2.24, 2.45) is 0 Å². The molecular formula is C20H21NO4. The Morgan fingerprint density at radius 1 is 1.24 bits per heavy atom. The maximum atomic E-state index is 12.3. The van der Waals surface area contributed by atoms with E-state index in [1.54, 1.807) is 6.92 Å². The lowest BCUT2D eigenvalue weighted by atomic mass is 10.1. The highest BCUT2D eigenvalue weighted by molar-refractivity contribution is 6.06. The molecular weight excluding hydrogens is 318 g/mol. The van der Waals surface area contributed by atoms with E-state index >= 15 is 0 Å². The molecule has 1 aliphatic rings.